The SMILES string of the molecule is CCN(CC)CCCN(CC)C(CNC(C)(C)C)COC. The van der Waals surface area contributed by atoms with E-state index in [1.54, 1.807) is 7.11 Å². The third kappa shape index (κ3) is 10.2. The third-order valence-corrected chi connectivity index (χ3v) is 3.96. The fourth-order valence-corrected chi connectivity index (χ4v) is 2.55. The molecule has 0 aliphatic rings. The Kier molecular flexibility index (Phi) is 11.3. The minimum Gasteiger partial charge on any atom is -0.383 e. The molecule has 0 aromatic heterocycles. The van der Waals surface area contributed by atoms with Crippen molar-refractivity contribution in [2.45, 2.75) is 59.5 Å². The van der Waals surface area contributed by atoms with Gasteiger partial charge in [0.1, 0.15) is 0 Å². The molecule has 0 bridgehead atoms. The molecule has 0 fully saturated rings. The summed E-state index contributed by atoms with van der Waals surface area (Å²) in [5, 5.41) is 3.61. The smallest absolute Gasteiger partial charge is 0.0630 e. The van der Waals surface area contributed by atoms with Gasteiger partial charge >= 0.3 is 0 Å². The molecule has 0 heterocycles. The van der Waals surface area contributed by atoms with Crippen LogP contribution in [0, 0.1) is 0 Å². The lowest BCUT2D eigenvalue weighted by atomic mass is 10.1. The molecule has 4 nitrogen and oxygen atoms in total. The Morgan fingerprint density at radius 2 is 1.62 bits per heavy atom. The Labute approximate surface area is 133 Å². The van der Waals surface area contributed by atoms with Gasteiger partial charge in [0.15, 0.2) is 0 Å². The van der Waals surface area contributed by atoms with Crippen LogP contribution in [-0.2, 0) is 4.74 Å². The van der Waals surface area contributed by atoms with E-state index in [4.69, 9.17) is 4.74 Å². The molecule has 21 heavy (non-hydrogen) atoms. The lowest BCUT2D eigenvalue weighted by Crippen LogP contribution is -2.50. The van der Waals surface area contributed by atoms with Crippen LogP contribution in [0.3, 0.4) is 0 Å². The highest BCUT2D eigenvalue weighted by Gasteiger charge is 2.19. The second kappa shape index (κ2) is 11.4. The van der Waals surface area contributed by atoms with Crippen LogP contribution in [0.15, 0.2) is 0 Å². The number of nitrogens with zero attached hydrogens (tertiary/aromatic N) is 2. The molecule has 0 rings (SSSR count). The van der Waals surface area contributed by atoms with Crippen LogP contribution in [0.4, 0.5) is 0 Å². The van der Waals surface area contributed by atoms with E-state index in [9.17, 15) is 0 Å². The lowest BCUT2D eigenvalue weighted by molar-refractivity contribution is 0.0854. The first-order valence-electron chi connectivity index (χ1n) is 8.58. The molecule has 4 heteroatoms. The lowest BCUT2D eigenvalue weighted by Gasteiger charge is -2.33. The van der Waals surface area contributed by atoms with Gasteiger partial charge in [-0.2, -0.15) is 0 Å². The normalized spacial score (nSPS) is 14.1. The summed E-state index contributed by atoms with van der Waals surface area (Å²) in [5.41, 5.74) is 0.159. The molecular weight excluding hydrogens is 262 g/mol. The van der Waals surface area contributed by atoms with Crippen LogP contribution in [0.1, 0.15) is 48.0 Å². The Morgan fingerprint density at radius 3 is 2.05 bits per heavy atom. The minimum absolute atomic E-state index is 0.159. The van der Waals surface area contributed by atoms with Crippen molar-refractivity contribution < 1.29 is 4.74 Å². The Bertz CT molecular complexity index is 237. The maximum absolute atomic E-state index is 5.43. The van der Waals surface area contributed by atoms with E-state index in [0.29, 0.717) is 6.04 Å². The minimum atomic E-state index is 0.159. The van der Waals surface area contributed by atoms with Gasteiger partial charge in [-0.25, -0.2) is 0 Å². The van der Waals surface area contributed by atoms with Gasteiger partial charge in [0.05, 0.1) is 6.61 Å². The maximum Gasteiger partial charge on any atom is 0.0630 e. The number of nitrogens with one attached hydrogen (secondary N) is 1. The van der Waals surface area contributed by atoms with E-state index < -0.39 is 0 Å². The zero-order valence-corrected chi connectivity index (χ0v) is 15.5. The van der Waals surface area contributed by atoms with Crippen LogP contribution < -0.4 is 5.32 Å². The predicted octanol–water partition coefficient (Wildman–Crippen LogP) is 2.44. The Balaban J connectivity index is 4.32. The third-order valence-electron chi connectivity index (χ3n) is 3.96. The summed E-state index contributed by atoms with van der Waals surface area (Å²) in [6.07, 6.45) is 1.23. The van der Waals surface area contributed by atoms with Gasteiger partial charge in [-0.15, -0.1) is 0 Å². The molecule has 0 aromatic carbocycles. The van der Waals surface area contributed by atoms with E-state index >= 15 is 0 Å². The second-order valence-corrected chi connectivity index (χ2v) is 6.75. The monoisotopic (exact) mass is 301 g/mol. The van der Waals surface area contributed by atoms with Crippen LogP contribution in [-0.4, -0.2) is 74.4 Å². The first-order valence-corrected chi connectivity index (χ1v) is 8.58. The topological polar surface area (TPSA) is 27.7 Å². The number of hydrogen-bond acceptors (Lipinski definition) is 4. The second-order valence-electron chi connectivity index (χ2n) is 6.75. The van der Waals surface area contributed by atoms with Gasteiger partial charge in [-0.1, -0.05) is 20.8 Å². The molecule has 0 aliphatic carbocycles. The van der Waals surface area contributed by atoms with Crippen molar-refractivity contribution >= 4 is 0 Å². The average Bonchev–Trinajstić information content (AvgIpc) is 2.43. The van der Waals surface area contributed by atoms with Crippen LogP contribution in [0.2, 0.25) is 0 Å². The first kappa shape index (κ1) is 20.8. The molecule has 0 spiro atoms. The number of hydrogen-bond donors (Lipinski definition) is 1. The summed E-state index contributed by atoms with van der Waals surface area (Å²) in [6, 6.07) is 0.455. The summed E-state index contributed by atoms with van der Waals surface area (Å²) in [5.74, 6) is 0. The summed E-state index contributed by atoms with van der Waals surface area (Å²) >= 11 is 0. The van der Waals surface area contributed by atoms with Gasteiger partial charge in [0.2, 0.25) is 0 Å². The fourth-order valence-electron chi connectivity index (χ4n) is 2.55. The molecular formula is C17H39N3O. The van der Waals surface area contributed by atoms with E-state index in [2.05, 4.69) is 56.7 Å². The van der Waals surface area contributed by atoms with Crippen molar-refractivity contribution in [3.8, 4) is 0 Å². The van der Waals surface area contributed by atoms with E-state index in [1.165, 1.54) is 13.0 Å². The molecule has 0 saturated carbocycles. The summed E-state index contributed by atoms with van der Waals surface area (Å²) < 4.78 is 5.43. The average molecular weight is 302 g/mol. The van der Waals surface area contributed by atoms with Gasteiger partial charge in [0.25, 0.3) is 0 Å². The van der Waals surface area contributed by atoms with Gasteiger partial charge in [-0.05, 0) is 59.9 Å². The molecule has 0 amide bonds. The molecule has 0 saturated heterocycles. The molecule has 1 atom stereocenters. The van der Waals surface area contributed by atoms with Crippen molar-refractivity contribution in [2.24, 2.45) is 0 Å². The van der Waals surface area contributed by atoms with Gasteiger partial charge in [0, 0.05) is 25.2 Å². The van der Waals surface area contributed by atoms with Crippen LogP contribution >= 0.6 is 0 Å². The zero-order valence-electron chi connectivity index (χ0n) is 15.5. The van der Waals surface area contributed by atoms with Crippen molar-refractivity contribution in [2.75, 3.05) is 53.0 Å². The largest absolute Gasteiger partial charge is 0.383 e. The summed E-state index contributed by atoms with van der Waals surface area (Å²) in [6.45, 7) is 20.9. The van der Waals surface area contributed by atoms with E-state index in [-0.39, 0.29) is 5.54 Å². The van der Waals surface area contributed by atoms with E-state index in [1.807, 2.05) is 0 Å². The quantitative estimate of drug-likeness (QED) is 0.599. The Morgan fingerprint density at radius 1 is 1.00 bits per heavy atom. The number of methoxy groups -OCH3 is 1. The van der Waals surface area contributed by atoms with Crippen molar-refractivity contribution in [1.29, 1.82) is 0 Å². The van der Waals surface area contributed by atoms with Crippen molar-refractivity contribution in [3.63, 3.8) is 0 Å². The molecule has 128 valence electrons. The summed E-state index contributed by atoms with van der Waals surface area (Å²) in [7, 11) is 1.80. The molecule has 0 radical (unpaired) electrons. The number of ether oxygens (including phenoxy) is 1. The fraction of sp³-hybridized carbons (Fsp3) is 1.00. The molecule has 1 unspecified atom stereocenters. The highest BCUT2D eigenvalue weighted by Crippen LogP contribution is 2.05. The standard InChI is InChI=1S/C17H39N3O/c1-8-19(9-2)12-11-13-20(10-3)16(15-21-7)14-18-17(4,5)6/h16,18H,8-15H2,1-7H3. The predicted molar refractivity (Wildman–Crippen MR) is 93.1 cm³/mol. The van der Waals surface area contributed by atoms with Crippen LogP contribution in [0.5, 0.6) is 0 Å². The molecule has 1 N–H and O–H groups in total. The van der Waals surface area contributed by atoms with Gasteiger partial charge < -0.3 is 15.0 Å². The number of rotatable bonds is 12. The Hall–Kier alpha value is -0.160. The van der Waals surface area contributed by atoms with Gasteiger partial charge in [-0.3, -0.25) is 4.90 Å². The highest BCUT2D eigenvalue weighted by molar-refractivity contribution is 4.79. The molecule has 0 aliphatic heterocycles. The van der Waals surface area contributed by atoms with Crippen molar-refractivity contribution in [1.82, 2.24) is 15.1 Å². The highest BCUT2D eigenvalue weighted by atomic mass is 16.5. The van der Waals surface area contributed by atoms with Crippen molar-refractivity contribution in [3.05, 3.63) is 0 Å². The number of likely N-dealkylation sites (N-methyl/N-ethyl adjacent to an activating group) is 1. The molecule has 0 aromatic rings. The first-order chi connectivity index (χ1) is 9.87. The zero-order chi connectivity index (χ0) is 16.3. The van der Waals surface area contributed by atoms with Crippen LogP contribution in [0.25, 0.3) is 0 Å². The maximum atomic E-state index is 5.43. The summed E-state index contributed by atoms with van der Waals surface area (Å²) in [4.78, 5) is 5.04. The van der Waals surface area contributed by atoms with E-state index in [0.717, 1.165) is 39.3 Å².